The average molecular weight is 425 g/mol. The zero-order valence-electron chi connectivity index (χ0n) is 15.8. The first-order valence-electron chi connectivity index (χ1n) is 8.66. The number of aromatic amines is 1. The highest BCUT2D eigenvalue weighted by atomic mass is 35.5. The first kappa shape index (κ1) is 20.4. The predicted molar refractivity (Wildman–Crippen MR) is 106 cm³/mol. The van der Waals surface area contributed by atoms with E-state index in [9.17, 15) is 13.2 Å². The predicted octanol–water partition coefficient (Wildman–Crippen LogP) is 3.04. The van der Waals surface area contributed by atoms with Gasteiger partial charge in [-0.15, -0.1) is 0 Å². The summed E-state index contributed by atoms with van der Waals surface area (Å²) >= 11 is 5.81. The molecule has 3 aromatic rings. The van der Waals surface area contributed by atoms with Crippen molar-refractivity contribution in [2.75, 3.05) is 14.1 Å². The molecule has 0 bridgehead atoms. The van der Waals surface area contributed by atoms with Crippen molar-refractivity contribution in [3.05, 3.63) is 47.0 Å². The highest BCUT2D eigenvalue weighted by molar-refractivity contribution is 7.89. The van der Waals surface area contributed by atoms with E-state index in [0.717, 1.165) is 16.2 Å². The molecule has 0 saturated heterocycles. The van der Waals surface area contributed by atoms with Crippen LogP contribution >= 0.6 is 11.6 Å². The lowest BCUT2D eigenvalue weighted by molar-refractivity contribution is 0.0452. The van der Waals surface area contributed by atoms with Crippen molar-refractivity contribution in [1.29, 1.82) is 0 Å². The number of carbonyl (C=O) groups is 1. The number of benzene rings is 1. The van der Waals surface area contributed by atoms with E-state index < -0.39 is 16.0 Å². The third-order valence-electron chi connectivity index (χ3n) is 4.22. The number of sulfonamides is 1. The minimum atomic E-state index is -3.56. The van der Waals surface area contributed by atoms with Crippen LogP contribution < -0.4 is 0 Å². The van der Waals surface area contributed by atoms with Crippen molar-refractivity contribution >= 4 is 38.6 Å². The number of imidazole rings is 1. The number of carbonyl (C=O) groups excluding carboxylic acids is 1. The largest absolute Gasteiger partial charge is 0.453 e. The highest BCUT2D eigenvalue weighted by Gasteiger charge is 2.20. The van der Waals surface area contributed by atoms with E-state index in [2.05, 4.69) is 9.97 Å². The van der Waals surface area contributed by atoms with Crippen LogP contribution in [0.4, 0.5) is 0 Å². The number of ether oxygens (including phenoxy) is 1. The fraction of sp³-hybridized carbons (Fsp3) is 0.333. The molecule has 1 N–H and O–H groups in total. The molecule has 0 spiro atoms. The number of rotatable bonds is 7. The first-order chi connectivity index (χ1) is 13.2. The Labute approximate surface area is 168 Å². The van der Waals surface area contributed by atoms with Crippen LogP contribution in [0.5, 0.6) is 0 Å². The molecule has 150 valence electrons. The maximum atomic E-state index is 12.4. The van der Waals surface area contributed by atoms with Gasteiger partial charge in [0.1, 0.15) is 18.1 Å². The van der Waals surface area contributed by atoms with E-state index in [-0.39, 0.29) is 17.2 Å². The van der Waals surface area contributed by atoms with Crippen LogP contribution in [0.1, 0.15) is 29.7 Å². The zero-order chi connectivity index (χ0) is 20.5. The summed E-state index contributed by atoms with van der Waals surface area (Å²) in [5.41, 5.74) is 1.57. The minimum absolute atomic E-state index is 0.0417. The Morgan fingerprint density at radius 3 is 2.68 bits per heavy atom. The molecule has 10 heteroatoms. The number of hydrogen-bond donors (Lipinski definition) is 1. The molecular formula is C18H21ClN4O4S. The smallest absolute Gasteiger partial charge is 0.355 e. The Morgan fingerprint density at radius 2 is 2.07 bits per heavy atom. The number of aryl methyl sites for hydroxylation is 1. The number of aromatic nitrogens is 3. The van der Waals surface area contributed by atoms with Gasteiger partial charge in [-0.05, 0) is 30.7 Å². The highest BCUT2D eigenvalue weighted by Crippen LogP contribution is 2.23. The summed E-state index contributed by atoms with van der Waals surface area (Å²) in [7, 11) is -0.603. The molecule has 0 radical (unpaired) electrons. The van der Waals surface area contributed by atoms with E-state index in [4.69, 9.17) is 16.3 Å². The van der Waals surface area contributed by atoms with Crippen molar-refractivity contribution in [2.24, 2.45) is 0 Å². The van der Waals surface area contributed by atoms with Crippen molar-refractivity contribution in [1.82, 2.24) is 18.8 Å². The van der Waals surface area contributed by atoms with Gasteiger partial charge in [0.2, 0.25) is 10.0 Å². The molecule has 0 aliphatic rings. The fourth-order valence-electron chi connectivity index (χ4n) is 2.81. The summed E-state index contributed by atoms with van der Waals surface area (Å²) < 4.78 is 33.2. The van der Waals surface area contributed by atoms with Crippen molar-refractivity contribution in [3.63, 3.8) is 0 Å². The van der Waals surface area contributed by atoms with E-state index in [1.807, 2.05) is 11.5 Å². The molecule has 0 aliphatic carbocycles. The van der Waals surface area contributed by atoms with Crippen LogP contribution in [0.2, 0.25) is 5.02 Å². The molecule has 0 unspecified atom stereocenters. The van der Waals surface area contributed by atoms with Gasteiger partial charge in [0.15, 0.2) is 0 Å². The number of hydrogen-bond acceptors (Lipinski definition) is 5. The lowest BCUT2D eigenvalue weighted by Gasteiger charge is -2.11. The maximum absolute atomic E-state index is 12.4. The lowest BCUT2D eigenvalue weighted by atomic mass is 10.3. The zero-order valence-corrected chi connectivity index (χ0v) is 17.3. The number of nitrogens with zero attached hydrogens (tertiary/aromatic N) is 3. The van der Waals surface area contributed by atoms with Crippen LogP contribution in [0.3, 0.4) is 0 Å². The number of nitrogens with one attached hydrogen (secondary N) is 1. The molecule has 0 fully saturated rings. The molecule has 3 rings (SSSR count). The molecule has 0 saturated carbocycles. The summed E-state index contributed by atoms with van der Waals surface area (Å²) in [6.07, 6.45) is 2.34. The number of fused-ring (bicyclic) bond motifs is 1. The molecule has 28 heavy (non-hydrogen) atoms. The SMILES string of the molecule is CCCn1c(COC(=O)c2cc(Cl)c[nH]2)nc2cc(S(=O)(=O)N(C)C)ccc21. The molecule has 1 aromatic carbocycles. The quantitative estimate of drug-likeness (QED) is 0.588. The summed E-state index contributed by atoms with van der Waals surface area (Å²) in [6, 6.07) is 6.30. The second-order valence-electron chi connectivity index (χ2n) is 6.43. The Kier molecular flexibility index (Phi) is 5.78. The summed E-state index contributed by atoms with van der Waals surface area (Å²) in [4.78, 5) is 19.5. The number of halogens is 1. The molecule has 2 aromatic heterocycles. The first-order valence-corrected chi connectivity index (χ1v) is 10.5. The van der Waals surface area contributed by atoms with Crippen LogP contribution in [-0.4, -0.2) is 47.3 Å². The molecule has 0 aliphatic heterocycles. The summed E-state index contributed by atoms with van der Waals surface area (Å²) in [5, 5.41) is 0.416. The third kappa shape index (κ3) is 3.91. The van der Waals surface area contributed by atoms with Gasteiger partial charge in [-0.2, -0.15) is 0 Å². The van der Waals surface area contributed by atoms with Gasteiger partial charge in [-0.3, -0.25) is 0 Å². The van der Waals surface area contributed by atoms with E-state index in [1.54, 1.807) is 12.1 Å². The topological polar surface area (TPSA) is 97.3 Å². The van der Waals surface area contributed by atoms with Crippen LogP contribution in [0, 0.1) is 0 Å². The third-order valence-corrected chi connectivity index (χ3v) is 6.25. The van der Waals surface area contributed by atoms with E-state index in [0.29, 0.717) is 22.9 Å². The second kappa shape index (κ2) is 7.94. The van der Waals surface area contributed by atoms with Crippen molar-refractivity contribution < 1.29 is 17.9 Å². The fourth-order valence-corrected chi connectivity index (χ4v) is 3.89. The van der Waals surface area contributed by atoms with Crippen molar-refractivity contribution in [2.45, 2.75) is 31.4 Å². The van der Waals surface area contributed by atoms with Gasteiger partial charge in [-0.25, -0.2) is 22.5 Å². The molecule has 2 heterocycles. The van der Waals surface area contributed by atoms with Crippen LogP contribution in [0.15, 0.2) is 35.4 Å². The molecule has 0 amide bonds. The van der Waals surface area contributed by atoms with Crippen LogP contribution in [0.25, 0.3) is 11.0 Å². The van der Waals surface area contributed by atoms with Gasteiger partial charge in [0.25, 0.3) is 0 Å². The molecule has 0 atom stereocenters. The number of H-pyrrole nitrogens is 1. The monoisotopic (exact) mass is 424 g/mol. The molecular weight excluding hydrogens is 404 g/mol. The van der Waals surface area contributed by atoms with E-state index >= 15 is 0 Å². The van der Waals surface area contributed by atoms with Gasteiger partial charge in [0.05, 0.1) is 21.0 Å². The summed E-state index contributed by atoms with van der Waals surface area (Å²) in [6.45, 7) is 2.64. The van der Waals surface area contributed by atoms with Crippen LogP contribution in [-0.2, 0) is 27.9 Å². The maximum Gasteiger partial charge on any atom is 0.355 e. The Morgan fingerprint density at radius 1 is 1.32 bits per heavy atom. The lowest BCUT2D eigenvalue weighted by Crippen LogP contribution is -2.22. The molecule has 8 nitrogen and oxygen atoms in total. The standard InChI is InChI=1S/C18H21ClN4O4S/c1-4-7-23-16-6-5-13(28(25,26)22(2)3)9-14(16)21-17(23)11-27-18(24)15-8-12(19)10-20-15/h5-6,8-10,20H,4,7,11H2,1-3H3. The number of esters is 1. The average Bonchev–Trinajstić information content (AvgIpc) is 3.23. The minimum Gasteiger partial charge on any atom is -0.453 e. The van der Waals surface area contributed by atoms with E-state index in [1.165, 1.54) is 32.4 Å². The van der Waals surface area contributed by atoms with Gasteiger partial charge >= 0.3 is 5.97 Å². The van der Waals surface area contributed by atoms with Crippen molar-refractivity contribution in [3.8, 4) is 0 Å². The summed E-state index contributed by atoms with van der Waals surface area (Å²) in [5.74, 6) is 0.000123. The van der Waals surface area contributed by atoms with Gasteiger partial charge in [-0.1, -0.05) is 18.5 Å². The Hall–Kier alpha value is -2.36. The van der Waals surface area contributed by atoms with Gasteiger partial charge < -0.3 is 14.3 Å². The second-order valence-corrected chi connectivity index (χ2v) is 9.01. The Bertz CT molecular complexity index is 1120. The normalized spacial score (nSPS) is 12.0. The van der Waals surface area contributed by atoms with Gasteiger partial charge in [0, 0.05) is 26.8 Å². The Balaban J connectivity index is 1.92.